The van der Waals surface area contributed by atoms with Gasteiger partial charge in [0.1, 0.15) is 11.5 Å². The molecule has 2 aromatic carbocycles. The molecular formula is C19H21N3O6. The fourth-order valence-electron chi connectivity index (χ4n) is 2.24. The molecule has 9 heteroatoms. The van der Waals surface area contributed by atoms with Crippen LogP contribution in [0.5, 0.6) is 11.5 Å². The first-order chi connectivity index (χ1) is 13.4. The van der Waals surface area contributed by atoms with Crippen LogP contribution in [0.1, 0.15) is 18.9 Å². The lowest BCUT2D eigenvalue weighted by molar-refractivity contribution is -0.384. The van der Waals surface area contributed by atoms with E-state index < -0.39 is 22.8 Å². The van der Waals surface area contributed by atoms with Crippen LogP contribution in [0.4, 0.5) is 5.69 Å². The largest absolute Gasteiger partial charge is 0.484 e. The summed E-state index contributed by atoms with van der Waals surface area (Å²) >= 11 is 0. The number of nitrogens with zero attached hydrogens (tertiary/aromatic N) is 1. The number of hydrogen-bond donors (Lipinski definition) is 2. The Morgan fingerprint density at radius 2 is 1.82 bits per heavy atom. The number of rotatable bonds is 8. The third-order valence-electron chi connectivity index (χ3n) is 3.67. The van der Waals surface area contributed by atoms with E-state index in [-0.39, 0.29) is 12.3 Å². The lowest BCUT2D eigenvalue weighted by atomic mass is 10.2. The predicted molar refractivity (Wildman–Crippen MR) is 101 cm³/mol. The van der Waals surface area contributed by atoms with Gasteiger partial charge in [0.05, 0.1) is 4.92 Å². The molecule has 2 amide bonds. The Bertz CT molecular complexity index is 838. The molecule has 0 aliphatic heterocycles. The Morgan fingerprint density at radius 1 is 1.11 bits per heavy atom. The van der Waals surface area contributed by atoms with Gasteiger partial charge in [-0.25, -0.2) is 0 Å². The fourth-order valence-corrected chi connectivity index (χ4v) is 2.24. The SMILES string of the molecule is CCC(Oc1cccc(C)c1)C(=O)NNC(=O)COc1ccc([N+](=O)[O-])cc1. The molecule has 0 spiro atoms. The molecular weight excluding hydrogens is 366 g/mol. The molecule has 0 saturated heterocycles. The summed E-state index contributed by atoms with van der Waals surface area (Å²) in [4.78, 5) is 34.1. The van der Waals surface area contributed by atoms with Gasteiger partial charge in [-0.3, -0.25) is 30.6 Å². The molecule has 0 aromatic heterocycles. The van der Waals surface area contributed by atoms with Crippen LogP contribution in [0.3, 0.4) is 0 Å². The van der Waals surface area contributed by atoms with Crippen molar-refractivity contribution in [3.63, 3.8) is 0 Å². The lowest BCUT2D eigenvalue weighted by Crippen LogP contribution is -2.49. The van der Waals surface area contributed by atoms with Crippen molar-refractivity contribution < 1.29 is 24.0 Å². The Kier molecular flexibility index (Phi) is 7.32. The Labute approximate surface area is 161 Å². The normalized spacial score (nSPS) is 11.2. The van der Waals surface area contributed by atoms with Crippen LogP contribution in [0.2, 0.25) is 0 Å². The second-order valence-electron chi connectivity index (χ2n) is 5.91. The molecule has 2 aromatic rings. The van der Waals surface area contributed by atoms with Gasteiger partial charge in [0.2, 0.25) is 0 Å². The van der Waals surface area contributed by atoms with Crippen LogP contribution in [0.25, 0.3) is 0 Å². The molecule has 0 saturated carbocycles. The number of hydrogen-bond acceptors (Lipinski definition) is 6. The van der Waals surface area contributed by atoms with Crippen molar-refractivity contribution in [2.24, 2.45) is 0 Å². The quantitative estimate of drug-likeness (QED) is 0.530. The highest BCUT2D eigenvalue weighted by Crippen LogP contribution is 2.17. The van der Waals surface area contributed by atoms with Crippen molar-refractivity contribution in [2.75, 3.05) is 6.61 Å². The summed E-state index contributed by atoms with van der Waals surface area (Å²) < 4.78 is 10.9. The van der Waals surface area contributed by atoms with E-state index in [1.54, 1.807) is 13.0 Å². The maximum atomic E-state index is 12.2. The summed E-state index contributed by atoms with van der Waals surface area (Å²) in [5.41, 5.74) is 5.46. The maximum Gasteiger partial charge on any atom is 0.279 e. The molecule has 1 unspecified atom stereocenters. The maximum absolute atomic E-state index is 12.2. The molecule has 9 nitrogen and oxygen atoms in total. The standard InChI is InChI=1S/C19H21N3O6/c1-3-17(28-16-6-4-5-13(2)11-16)19(24)21-20-18(23)12-27-15-9-7-14(8-10-15)22(25)26/h4-11,17H,3,12H2,1-2H3,(H,20,23)(H,21,24). The van der Waals surface area contributed by atoms with Crippen molar-refractivity contribution in [3.05, 3.63) is 64.2 Å². The number of carbonyl (C=O) groups is 2. The zero-order chi connectivity index (χ0) is 20.5. The highest BCUT2D eigenvalue weighted by Gasteiger charge is 2.19. The number of carbonyl (C=O) groups excluding carboxylic acids is 2. The zero-order valence-electron chi connectivity index (χ0n) is 15.5. The highest BCUT2D eigenvalue weighted by atomic mass is 16.6. The first kappa shape index (κ1) is 20.7. The van der Waals surface area contributed by atoms with Crippen LogP contribution < -0.4 is 20.3 Å². The third-order valence-corrected chi connectivity index (χ3v) is 3.67. The molecule has 28 heavy (non-hydrogen) atoms. The summed E-state index contributed by atoms with van der Waals surface area (Å²) in [6.07, 6.45) is -0.354. The summed E-state index contributed by atoms with van der Waals surface area (Å²) in [6.45, 7) is 3.34. The van der Waals surface area contributed by atoms with Crippen molar-refractivity contribution >= 4 is 17.5 Å². The number of hydrazine groups is 1. The number of aryl methyl sites for hydroxylation is 1. The summed E-state index contributed by atoms with van der Waals surface area (Å²) in [5.74, 6) is -0.221. The van der Waals surface area contributed by atoms with E-state index in [0.29, 0.717) is 17.9 Å². The van der Waals surface area contributed by atoms with Gasteiger partial charge in [0.25, 0.3) is 17.5 Å². The number of benzene rings is 2. The van der Waals surface area contributed by atoms with Crippen LogP contribution in [-0.4, -0.2) is 29.4 Å². The van der Waals surface area contributed by atoms with Gasteiger partial charge < -0.3 is 9.47 Å². The van der Waals surface area contributed by atoms with E-state index in [0.717, 1.165) is 5.56 Å². The number of nitro groups is 1. The molecule has 2 N–H and O–H groups in total. The molecule has 0 heterocycles. The van der Waals surface area contributed by atoms with Gasteiger partial charge in [-0.1, -0.05) is 19.1 Å². The minimum atomic E-state index is -0.766. The summed E-state index contributed by atoms with van der Waals surface area (Å²) in [5, 5.41) is 10.6. The average molecular weight is 387 g/mol. The fraction of sp³-hybridized carbons (Fsp3) is 0.263. The lowest BCUT2D eigenvalue weighted by Gasteiger charge is -2.18. The van der Waals surface area contributed by atoms with Crippen LogP contribution in [-0.2, 0) is 9.59 Å². The Hall–Kier alpha value is -3.62. The topological polar surface area (TPSA) is 120 Å². The van der Waals surface area contributed by atoms with Gasteiger partial charge in [-0.05, 0) is 43.2 Å². The number of amides is 2. The van der Waals surface area contributed by atoms with Crippen LogP contribution in [0, 0.1) is 17.0 Å². The Balaban J connectivity index is 1.78. The van der Waals surface area contributed by atoms with Gasteiger partial charge >= 0.3 is 0 Å². The molecule has 0 radical (unpaired) electrons. The third kappa shape index (κ3) is 6.27. The smallest absolute Gasteiger partial charge is 0.279 e. The molecule has 1 atom stereocenters. The predicted octanol–water partition coefficient (Wildman–Crippen LogP) is 2.29. The van der Waals surface area contributed by atoms with Crippen molar-refractivity contribution in [2.45, 2.75) is 26.4 Å². The number of nitrogens with one attached hydrogen (secondary N) is 2. The number of non-ortho nitro benzene ring substituents is 1. The molecule has 0 aliphatic carbocycles. The Morgan fingerprint density at radius 3 is 2.43 bits per heavy atom. The zero-order valence-corrected chi connectivity index (χ0v) is 15.5. The van der Waals surface area contributed by atoms with Crippen LogP contribution >= 0.6 is 0 Å². The van der Waals surface area contributed by atoms with Crippen molar-refractivity contribution in [3.8, 4) is 11.5 Å². The van der Waals surface area contributed by atoms with Gasteiger partial charge in [0.15, 0.2) is 12.7 Å². The average Bonchev–Trinajstić information content (AvgIpc) is 2.69. The summed E-state index contributed by atoms with van der Waals surface area (Å²) in [7, 11) is 0. The molecule has 2 rings (SSSR count). The molecule has 148 valence electrons. The second kappa shape index (κ2) is 9.91. The van der Waals surface area contributed by atoms with E-state index in [9.17, 15) is 19.7 Å². The first-order valence-electron chi connectivity index (χ1n) is 8.58. The van der Waals surface area contributed by atoms with Gasteiger partial charge in [0, 0.05) is 12.1 Å². The van der Waals surface area contributed by atoms with E-state index in [1.807, 2.05) is 25.1 Å². The highest BCUT2D eigenvalue weighted by molar-refractivity contribution is 5.85. The minimum Gasteiger partial charge on any atom is -0.484 e. The van der Waals surface area contributed by atoms with E-state index in [4.69, 9.17) is 9.47 Å². The number of ether oxygens (including phenoxy) is 2. The van der Waals surface area contributed by atoms with Gasteiger partial charge in [-0.15, -0.1) is 0 Å². The van der Waals surface area contributed by atoms with E-state index in [1.165, 1.54) is 24.3 Å². The first-order valence-corrected chi connectivity index (χ1v) is 8.58. The van der Waals surface area contributed by atoms with E-state index >= 15 is 0 Å². The van der Waals surface area contributed by atoms with Crippen molar-refractivity contribution in [1.82, 2.24) is 10.9 Å². The summed E-state index contributed by atoms with van der Waals surface area (Å²) in [6, 6.07) is 12.6. The van der Waals surface area contributed by atoms with Crippen LogP contribution in [0.15, 0.2) is 48.5 Å². The minimum absolute atomic E-state index is 0.0803. The van der Waals surface area contributed by atoms with Crippen molar-refractivity contribution in [1.29, 1.82) is 0 Å². The molecule has 0 fully saturated rings. The monoisotopic (exact) mass is 387 g/mol. The molecule has 0 aliphatic rings. The molecule has 0 bridgehead atoms. The number of nitro benzene ring substituents is 1. The van der Waals surface area contributed by atoms with E-state index in [2.05, 4.69) is 10.9 Å². The second-order valence-corrected chi connectivity index (χ2v) is 5.91. The van der Waals surface area contributed by atoms with Gasteiger partial charge in [-0.2, -0.15) is 0 Å².